The number of hydrogen-bond donors (Lipinski definition) is 3. The van der Waals surface area contributed by atoms with Gasteiger partial charge in [0.25, 0.3) is 0 Å². The quantitative estimate of drug-likeness (QED) is 0.389. The maximum Gasteiger partial charge on any atom is 0.412 e. The Kier molecular flexibility index (Phi) is 5.91. The fourth-order valence-electron chi connectivity index (χ4n) is 2.87. The van der Waals surface area contributed by atoms with E-state index in [1.165, 1.54) is 22.3 Å². The summed E-state index contributed by atoms with van der Waals surface area (Å²) in [6, 6.07) is 7.38. The molecule has 0 spiro atoms. The van der Waals surface area contributed by atoms with Gasteiger partial charge in [0.05, 0.1) is 24.6 Å². The Bertz CT molecular complexity index is 1220. The molecule has 0 saturated carbocycles. The van der Waals surface area contributed by atoms with Gasteiger partial charge in [0.2, 0.25) is 5.82 Å². The zero-order valence-electron chi connectivity index (χ0n) is 16.5. The predicted molar refractivity (Wildman–Crippen MR) is 114 cm³/mol. The molecular formula is C19H19N7O4S. The molecule has 12 heteroatoms. The first-order valence-corrected chi connectivity index (χ1v) is 10.1. The highest BCUT2D eigenvalue weighted by Gasteiger charge is 2.16. The number of carbonyl (C=O) groups is 1. The summed E-state index contributed by atoms with van der Waals surface area (Å²) in [5.41, 5.74) is 7.68. The maximum atomic E-state index is 11.8. The third-order valence-corrected chi connectivity index (χ3v) is 5.29. The number of aliphatic hydroxyl groups is 1. The van der Waals surface area contributed by atoms with E-state index in [0.29, 0.717) is 27.5 Å². The average molecular weight is 441 g/mol. The smallest absolute Gasteiger partial charge is 0.412 e. The molecule has 31 heavy (non-hydrogen) atoms. The Hall–Kier alpha value is -3.77. The van der Waals surface area contributed by atoms with Crippen molar-refractivity contribution in [2.45, 2.75) is 6.61 Å². The van der Waals surface area contributed by atoms with Crippen LogP contribution in [-0.2, 0) is 13.7 Å². The number of anilines is 1. The molecule has 1 amide bonds. The molecule has 11 nitrogen and oxygen atoms in total. The average Bonchev–Trinajstić information content (AvgIpc) is 3.40. The number of rotatable bonds is 7. The molecule has 0 aliphatic carbocycles. The van der Waals surface area contributed by atoms with E-state index >= 15 is 0 Å². The van der Waals surface area contributed by atoms with Crippen molar-refractivity contribution in [1.29, 1.82) is 0 Å². The van der Waals surface area contributed by atoms with Gasteiger partial charge in [-0.1, -0.05) is 12.1 Å². The second-order valence-electron chi connectivity index (χ2n) is 6.43. The Morgan fingerprint density at radius 1 is 1.39 bits per heavy atom. The van der Waals surface area contributed by atoms with E-state index in [-0.39, 0.29) is 25.5 Å². The third-order valence-electron chi connectivity index (χ3n) is 4.25. The van der Waals surface area contributed by atoms with Crippen LogP contribution in [-0.4, -0.2) is 49.5 Å². The van der Waals surface area contributed by atoms with Gasteiger partial charge in [-0.05, 0) is 22.7 Å². The third kappa shape index (κ3) is 4.54. The summed E-state index contributed by atoms with van der Waals surface area (Å²) < 4.78 is 11.9. The SMILES string of the molecule is Cn1nnc(-c2cccc(OCc3csc4c(OC(=O)NCCO)cnc(N)c34)c2)n1. The van der Waals surface area contributed by atoms with Gasteiger partial charge in [-0.2, -0.15) is 4.80 Å². The zero-order chi connectivity index (χ0) is 21.8. The highest BCUT2D eigenvalue weighted by Crippen LogP contribution is 2.37. The van der Waals surface area contributed by atoms with E-state index in [2.05, 4.69) is 25.7 Å². The Balaban J connectivity index is 1.53. The lowest BCUT2D eigenvalue weighted by molar-refractivity contribution is 0.196. The van der Waals surface area contributed by atoms with Crippen molar-refractivity contribution in [3.05, 3.63) is 41.4 Å². The molecular weight excluding hydrogens is 422 g/mol. The number of ether oxygens (including phenoxy) is 2. The van der Waals surface area contributed by atoms with Crippen LogP contribution in [0.2, 0.25) is 0 Å². The standard InChI is InChI=1S/C19H19N7O4S/c1-26-24-18(23-25-26)11-3-2-4-13(7-11)29-9-12-10-31-16-14(8-22-17(20)15(12)16)30-19(28)21-5-6-27/h2-4,7-8,10,27H,5-6,9H2,1H3,(H2,20,22)(H,21,28). The molecule has 0 aliphatic heterocycles. The van der Waals surface area contributed by atoms with Crippen LogP contribution in [0.1, 0.15) is 5.56 Å². The molecule has 160 valence electrons. The number of nitrogens with one attached hydrogen (secondary N) is 1. The number of carbonyl (C=O) groups excluding carboxylic acids is 1. The molecule has 0 fully saturated rings. The zero-order valence-corrected chi connectivity index (χ0v) is 17.3. The van der Waals surface area contributed by atoms with E-state index < -0.39 is 6.09 Å². The first kappa shape index (κ1) is 20.5. The largest absolute Gasteiger partial charge is 0.489 e. The number of nitrogen functional groups attached to an aromatic ring is 1. The fourth-order valence-corrected chi connectivity index (χ4v) is 3.88. The van der Waals surface area contributed by atoms with Crippen LogP contribution < -0.4 is 20.5 Å². The monoisotopic (exact) mass is 441 g/mol. The first-order valence-electron chi connectivity index (χ1n) is 9.23. The van der Waals surface area contributed by atoms with E-state index in [9.17, 15) is 4.79 Å². The van der Waals surface area contributed by atoms with E-state index in [1.807, 2.05) is 29.6 Å². The van der Waals surface area contributed by atoms with Gasteiger partial charge < -0.3 is 25.6 Å². The van der Waals surface area contributed by atoms with Crippen LogP contribution in [0.15, 0.2) is 35.8 Å². The Morgan fingerprint density at radius 2 is 2.26 bits per heavy atom. The van der Waals surface area contributed by atoms with Crippen LogP contribution in [0.25, 0.3) is 21.5 Å². The van der Waals surface area contributed by atoms with Crippen molar-refractivity contribution < 1.29 is 19.4 Å². The lowest BCUT2D eigenvalue weighted by Crippen LogP contribution is -2.29. The first-order chi connectivity index (χ1) is 15.0. The van der Waals surface area contributed by atoms with Crippen LogP contribution in [0.5, 0.6) is 11.5 Å². The van der Waals surface area contributed by atoms with Crippen molar-refractivity contribution in [1.82, 2.24) is 30.5 Å². The van der Waals surface area contributed by atoms with Crippen LogP contribution in [0, 0.1) is 0 Å². The van der Waals surface area contributed by atoms with Crippen molar-refractivity contribution in [2.75, 3.05) is 18.9 Å². The second-order valence-corrected chi connectivity index (χ2v) is 7.31. The molecule has 4 aromatic rings. The van der Waals surface area contributed by atoms with Crippen molar-refractivity contribution in [3.63, 3.8) is 0 Å². The lowest BCUT2D eigenvalue weighted by Gasteiger charge is -2.09. The minimum Gasteiger partial charge on any atom is -0.489 e. The van der Waals surface area contributed by atoms with Gasteiger partial charge in [-0.25, -0.2) is 9.78 Å². The summed E-state index contributed by atoms with van der Waals surface area (Å²) in [6.45, 7) is 0.152. The maximum absolute atomic E-state index is 11.8. The van der Waals surface area contributed by atoms with Crippen molar-refractivity contribution in [3.8, 4) is 22.9 Å². The number of aliphatic hydroxyl groups excluding tert-OH is 1. The van der Waals surface area contributed by atoms with Gasteiger partial charge in [0.1, 0.15) is 18.2 Å². The molecule has 4 N–H and O–H groups in total. The fraction of sp³-hybridized carbons (Fsp3) is 0.211. The molecule has 3 heterocycles. The topological polar surface area (TPSA) is 150 Å². The number of aryl methyl sites for hydroxylation is 1. The number of tetrazole rings is 1. The summed E-state index contributed by atoms with van der Waals surface area (Å²) in [6.07, 6.45) is 0.719. The van der Waals surface area contributed by atoms with Crippen LogP contribution in [0.3, 0.4) is 0 Å². The number of fused-ring (bicyclic) bond motifs is 1. The number of pyridine rings is 1. The second kappa shape index (κ2) is 8.93. The Morgan fingerprint density at radius 3 is 3.03 bits per heavy atom. The lowest BCUT2D eigenvalue weighted by atomic mass is 10.2. The number of benzene rings is 1. The number of hydrogen-bond acceptors (Lipinski definition) is 10. The number of nitrogens with zero attached hydrogens (tertiary/aromatic N) is 5. The normalized spacial score (nSPS) is 10.9. The molecule has 3 aromatic heterocycles. The van der Waals surface area contributed by atoms with Gasteiger partial charge in [0, 0.05) is 23.1 Å². The van der Waals surface area contributed by atoms with Gasteiger partial charge in [-0.15, -0.1) is 21.5 Å². The highest BCUT2D eigenvalue weighted by atomic mass is 32.1. The molecule has 0 bridgehead atoms. The number of thiophene rings is 1. The van der Waals surface area contributed by atoms with Crippen LogP contribution >= 0.6 is 11.3 Å². The number of nitrogens with two attached hydrogens (primary N) is 1. The summed E-state index contributed by atoms with van der Waals surface area (Å²) in [7, 11) is 1.70. The van der Waals surface area contributed by atoms with E-state index in [0.717, 1.165) is 11.1 Å². The van der Waals surface area contributed by atoms with E-state index in [4.69, 9.17) is 20.3 Å². The summed E-state index contributed by atoms with van der Waals surface area (Å²) in [4.78, 5) is 17.4. The summed E-state index contributed by atoms with van der Waals surface area (Å²) >= 11 is 1.37. The van der Waals surface area contributed by atoms with Gasteiger partial charge >= 0.3 is 6.09 Å². The summed E-state index contributed by atoms with van der Waals surface area (Å²) in [5, 5.41) is 25.8. The van der Waals surface area contributed by atoms with Gasteiger partial charge in [-0.3, -0.25) is 0 Å². The molecule has 0 radical (unpaired) electrons. The molecule has 0 atom stereocenters. The van der Waals surface area contributed by atoms with Crippen molar-refractivity contribution >= 4 is 33.3 Å². The Labute approximate surface area is 180 Å². The number of aromatic nitrogens is 5. The molecule has 0 saturated heterocycles. The van der Waals surface area contributed by atoms with E-state index in [1.54, 1.807) is 7.05 Å². The van der Waals surface area contributed by atoms with Crippen LogP contribution in [0.4, 0.5) is 10.6 Å². The van der Waals surface area contributed by atoms with Gasteiger partial charge in [0.15, 0.2) is 5.75 Å². The predicted octanol–water partition coefficient (Wildman–Crippen LogP) is 1.73. The molecule has 4 rings (SSSR count). The minimum atomic E-state index is -0.678. The number of amides is 1. The molecule has 0 unspecified atom stereocenters. The molecule has 0 aliphatic rings. The molecule has 1 aromatic carbocycles. The van der Waals surface area contributed by atoms with Crippen molar-refractivity contribution in [2.24, 2.45) is 7.05 Å². The summed E-state index contributed by atoms with van der Waals surface area (Å²) in [5.74, 6) is 1.73. The highest BCUT2D eigenvalue weighted by molar-refractivity contribution is 7.17. The minimum absolute atomic E-state index is 0.0943.